The van der Waals surface area contributed by atoms with Gasteiger partial charge in [-0.05, 0) is 86.2 Å². The van der Waals surface area contributed by atoms with Gasteiger partial charge in [-0.25, -0.2) is 4.79 Å². The number of unbranched alkanes of at least 4 members (excludes halogenated alkanes) is 2. The molecule has 0 heterocycles. The highest BCUT2D eigenvalue weighted by molar-refractivity contribution is 6.10. The van der Waals surface area contributed by atoms with Crippen molar-refractivity contribution < 1.29 is 33.7 Å². The fraction of sp³-hybridized carbons (Fsp3) is 0.281. The molecule has 204 valence electrons. The smallest absolute Gasteiger partial charge is 0.338 e. The van der Waals surface area contributed by atoms with Crippen LogP contribution in [0.5, 0.6) is 11.5 Å². The molecule has 0 saturated carbocycles. The van der Waals surface area contributed by atoms with Gasteiger partial charge in [0, 0.05) is 17.5 Å². The van der Waals surface area contributed by atoms with E-state index in [2.05, 4.69) is 12.2 Å². The summed E-state index contributed by atoms with van der Waals surface area (Å²) in [4.78, 5) is 36.4. The SMILES string of the molecule is CCOC(=O)c1cccc(C(=O)c2ccc(OCCCC/C=C/c3cccc(OC)c3)c(CCC(=O)O)c2)c1. The lowest BCUT2D eigenvalue weighted by molar-refractivity contribution is -0.136. The van der Waals surface area contributed by atoms with Gasteiger partial charge in [0.1, 0.15) is 11.5 Å². The lowest BCUT2D eigenvalue weighted by Gasteiger charge is -2.13. The molecule has 0 atom stereocenters. The van der Waals surface area contributed by atoms with Crippen molar-refractivity contribution in [3.05, 3.63) is 101 Å². The summed E-state index contributed by atoms with van der Waals surface area (Å²) in [7, 11) is 1.65. The molecular weight excluding hydrogens is 496 g/mol. The number of rotatable bonds is 15. The van der Waals surface area contributed by atoms with Crippen molar-refractivity contribution in [3.8, 4) is 11.5 Å². The van der Waals surface area contributed by atoms with Crippen molar-refractivity contribution in [1.82, 2.24) is 0 Å². The van der Waals surface area contributed by atoms with Crippen LogP contribution in [0.1, 0.15) is 70.0 Å². The van der Waals surface area contributed by atoms with Gasteiger partial charge < -0.3 is 19.3 Å². The average molecular weight is 531 g/mol. The fourth-order valence-electron chi connectivity index (χ4n) is 3.98. The highest BCUT2D eigenvalue weighted by Gasteiger charge is 2.16. The Bertz CT molecular complexity index is 1310. The highest BCUT2D eigenvalue weighted by atomic mass is 16.5. The number of benzene rings is 3. The lowest BCUT2D eigenvalue weighted by atomic mass is 9.98. The van der Waals surface area contributed by atoms with E-state index in [4.69, 9.17) is 14.2 Å². The summed E-state index contributed by atoms with van der Waals surface area (Å²) in [5.41, 5.74) is 2.78. The second-order valence-electron chi connectivity index (χ2n) is 8.87. The van der Waals surface area contributed by atoms with Gasteiger partial charge in [-0.3, -0.25) is 9.59 Å². The largest absolute Gasteiger partial charge is 0.497 e. The summed E-state index contributed by atoms with van der Waals surface area (Å²) >= 11 is 0. The number of aliphatic carboxylic acids is 1. The molecule has 0 aliphatic heterocycles. The summed E-state index contributed by atoms with van der Waals surface area (Å²) in [6.45, 7) is 2.43. The van der Waals surface area contributed by atoms with E-state index in [1.54, 1.807) is 50.4 Å². The molecule has 0 radical (unpaired) electrons. The van der Waals surface area contributed by atoms with Crippen LogP contribution in [-0.4, -0.2) is 43.2 Å². The van der Waals surface area contributed by atoms with Crippen molar-refractivity contribution in [3.63, 3.8) is 0 Å². The van der Waals surface area contributed by atoms with Gasteiger partial charge in [-0.15, -0.1) is 0 Å². The number of hydrogen-bond donors (Lipinski definition) is 1. The van der Waals surface area contributed by atoms with E-state index in [9.17, 15) is 19.5 Å². The molecule has 7 heteroatoms. The second kappa shape index (κ2) is 15.1. The number of carboxylic acids is 1. The van der Waals surface area contributed by atoms with Crippen molar-refractivity contribution >= 4 is 23.8 Å². The van der Waals surface area contributed by atoms with Gasteiger partial charge in [0.05, 0.1) is 25.9 Å². The fourth-order valence-corrected chi connectivity index (χ4v) is 3.98. The molecule has 0 aromatic heterocycles. The molecule has 1 N–H and O–H groups in total. The first-order valence-electron chi connectivity index (χ1n) is 13.0. The Balaban J connectivity index is 1.61. The Morgan fingerprint density at radius 1 is 0.897 bits per heavy atom. The first-order chi connectivity index (χ1) is 18.9. The van der Waals surface area contributed by atoms with E-state index in [-0.39, 0.29) is 25.2 Å². The van der Waals surface area contributed by atoms with Gasteiger partial charge in [0.25, 0.3) is 0 Å². The third-order valence-electron chi connectivity index (χ3n) is 5.99. The molecule has 0 unspecified atom stereocenters. The van der Waals surface area contributed by atoms with Crippen LogP contribution in [0.15, 0.2) is 72.8 Å². The first kappa shape index (κ1) is 29.2. The van der Waals surface area contributed by atoms with E-state index in [0.29, 0.717) is 34.6 Å². The van der Waals surface area contributed by atoms with Gasteiger partial charge in [0.2, 0.25) is 0 Å². The molecule has 0 bridgehead atoms. The number of carbonyl (C=O) groups excluding carboxylic acids is 2. The maximum atomic E-state index is 13.2. The van der Waals surface area contributed by atoms with Crippen LogP contribution >= 0.6 is 0 Å². The first-order valence-corrected chi connectivity index (χ1v) is 13.0. The van der Waals surface area contributed by atoms with E-state index in [0.717, 1.165) is 30.6 Å². The molecule has 3 aromatic carbocycles. The molecule has 0 amide bonds. The normalized spacial score (nSPS) is 10.8. The van der Waals surface area contributed by atoms with Crippen LogP contribution in [0.25, 0.3) is 6.08 Å². The van der Waals surface area contributed by atoms with Crippen molar-refractivity contribution in [2.75, 3.05) is 20.3 Å². The molecule has 0 aliphatic carbocycles. The number of ketones is 1. The zero-order valence-electron chi connectivity index (χ0n) is 22.4. The van der Waals surface area contributed by atoms with Crippen molar-refractivity contribution in [2.24, 2.45) is 0 Å². The Kier molecular flexibility index (Phi) is 11.3. The maximum Gasteiger partial charge on any atom is 0.338 e. The topological polar surface area (TPSA) is 99.1 Å². The number of allylic oxidation sites excluding steroid dienone is 1. The number of methoxy groups -OCH3 is 1. The minimum Gasteiger partial charge on any atom is -0.497 e. The standard InChI is InChI=1S/C32H34O7/c1-3-38-32(36)27-13-9-12-25(22-27)31(35)26-15-17-29(24(21-26)16-18-30(33)34)39-19-7-5-4-6-10-23-11-8-14-28(20-23)37-2/h6,8-15,17,20-22H,3-5,7,16,18-19H2,1-2H3,(H,33,34)/b10-6+. The summed E-state index contributed by atoms with van der Waals surface area (Å²) in [6, 6.07) is 19.3. The van der Waals surface area contributed by atoms with Crippen LogP contribution in [0.3, 0.4) is 0 Å². The Morgan fingerprint density at radius 3 is 2.44 bits per heavy atom. The summed E-state index contributed by atoms with van der Waals surface area (Å²) in [5, 5.41) is 9.19. The molecule has 0 aliphatic rings. The van der Waals surface area contributed by atoms with E-state index in [1.165, 1.54) is 6.07 Å². The minimum atomic E-state index is -0.928. The second-order valence-corrected chi connectivity index (χ2v) is 8.87. The van der Waals surface area contributed by atoms with Gasteiger partial charge in [0.15, 0.2) is 5.78 Å². The molecule has 3 rings (SSSR count). The average Bonchev–Trinajstić information content (AvgIpc) is 2.95. The minimum absolute atomic E-state index is 0.0819. The van der Waals surface area contributed by atoms with Crippen LogP contribution in [0, 0.1) is 0 Å². The molecular formula is C32H34O7. The molecule has 7 nitrogen and oxygen atoms in total. The number of esters is 1. The quantitative estimate of drug-likeness (QED) is 0.138. The van der Waals surface area contributed by atoms with Crippen molar-refractivity contribution in [1.29, 1.82) is 0 Å². The molecule has 39 heavy (non-hydrogen) atoms. The Hall–Kier alpha value is -4.39. The van der Waals surface area contributed by atoms with Crippen LogP contribution < -0.4 is 9.47 Å². The Morgan fingerprint density at radius 2 is 1.67 bits per heavy atom. The molecule has 0 fully saturated rings. The third kappa shape index (κ3) is 9.14. The number of carbonyl (C=O) groups is 3. The lowest BCUT2D eigenvalue weighted by Crippen LogP contribution is -2.09. The van der Waals surface area contributed by atoms with E-state index < -0.39 is 11.9 Å². The Labute approximate surface area is 229 Å². The predicted octanol–water partition coefficient (Wildman–Crippen LogP) is 6.38. The predicted molar refractivity (Wildman–Crippen MR) is 150 cm³/mol. The number of carboxylic acid groups (broad SMARTS) is 1. The van der Waals surface area contributed by atoms with Crippen LogP contribution in [0.2, 0.25) is 0 Å². The maximum absolute atomic E-state index is 13.2. The monoisotopic (exact) mass is 530 g/mol. The third-order valence-corrected chi connectivity index (χ3v) is 5.99. The summed E-state index contributed by atoms with van der Waals surface area (Å²) < 4.78 is 16.2. The molecule has 0 saturated heterocycles. The van der Waals surface area contributed by atoms with E-state index >= 15 is 0 Å². The van der Waals surface area contributed by atoms with Crippen LogP contribution in [-0.2, 0) is 16.0 Å². The number of ether oxygens (including phenoxy) is 3. The van der Waals surface area contributed by atoms with Gasteiger partial charge >= 0.3 is 11.9 Å². The summed E-state index contributed by atoms with van der Waals surface area (Å²) in [6.07, 6.45) is 6.97. The summed E-state index contributed by atoms with van der Waals surface area (Å²) in [5.74, 6) is -0.300. The number of aryl methyl sites for hydroxylation is 1. The number of hydrogen-bond acceptors (Lipinski definition) is 6. The zero-order valence-corrected chi connectivity index (χ0v) is 22.4. The highest BCUT2D eigenvalue weighted by Crippen LogP contribution is 2.24. The van der Waals surface area contributed by atoms with Gasteiger partial charge in [-0.2, -0.15) is 0 Å². The van der Waals surface area contributed by atoms with Gasteiger partial charge in [-0.1, -0.05) is 36.4 Å². The molecule has 3 aromatic rings. The zero-order chi connectivity index (χ0) is 28.0. The van der Waals surface area contributed by atoms with Crippen LogP contribution in [0.4, 0.5) is 0 Å². The molecule has 0 spiro atoms. The van der Waals surface area contributed by atoms with Crippen molar-refractivity contribution in [2.45, 2.75) is 39.0 Å². The van der Waals surface area contributed by atoms with E-state index in [1.807, 2.05) is 24.3 Å².